The SMILES string of the molecule is COc1ccc(-c2nc(SC)nc(NC(CCC(=O)O)C(=O)O)c2C#N)cc1OC. The van der Waals surface area contributed by atoms with Crippen molar-refractivity contribution >= 4 is 29.5 Å². The van der Waals surface area contributed by atoms with Crippen LogP contribution in [0.5, 0.6) is 11.5 Å². The van der Waals surface area contributed by atoms with Crippen LogP contribution in [0.3, 0.4) is 0 Å². The Hall–Kier alpha value is -3.52. The maximum Gasteiger partial charge on any atom is 0.326 e. The predicted octanol–water partition coefficient (Wildman–Crippen LogP) is 2.48. The van der Waals surface area contributed by atoms with Gasteiger partial charge in [0.25, 0.3) is 0 Å². The van der Waals surface area contributed by atoms with E-state index >= 15 is 0 Å². The van der Waals surface area contributed by atoms with Crippen LogP contribution in [0.15, 0.2) is 23.4 Å². The summed E-state index contributed by atoms with van der Waals surface area (Å²) in [6, 6.07) is 5.77. The molecule has 2 aromatic rings. The number of nitrogens with zero attached hydrogens (tertiary/aromatic N) is 3. The van der Waals surface area contributed by atoms with Gasteiger partial charge in [0.05, 0.1) is 19.9 Å². The van der Waals surface area contributed by atoms with Crippen LogP contribution in [0.25, 0.3) is 11.3 Å². The second-order valence-electron chi connectivity index (χ2n) is 5.93. The summed E-state index contributed by atoms with van der Waals surface area (Å²) in [4.78, 5) is 31.0. The number of aliphatic carboxylic acids is 2. The normalized spacial score (nSPS) is 11.3. The molecule has 0 saturated heterocycles. The zero-order chi connectivity index (χ0) is 22.3. The molecule has 11 heteroatoms. The number of hydrogen-bond donors (Lipinski definition) is 3. The van der Waals surface area contributed by atoms with Gasteiger partial charge in [-0.3, -0.25) is 4.79 Å². The van der Waals surface area contributed by atoms with Crippen molar-refractivity contribution in [2.45, 2.75) is 24.0 Å². The quantitative estimate of drug-likeness (QED) is 0.374. The first-order valence-electron chi connectivity index (χ1n) is 8.64. The van der Waals surface area contributed by atoms with E-state index < -0.39 is 18.0 Å². The van der Waals surface area contributed by atoms with E-state index in [9.17, 15) is 20.0 Å². The average molecular weight is 432 g/mol. The Labute approximate surface area is 176 Å². The van der Waals surface area contributed by atoms with Gasteiger partial charge in [0.1, 0.15) is 23.5 Å². The molecule has 1 aromatic carbocycles. The molecule has 158 valence electrons. The van der Waals surface area contributed by atoms with Gasteiger partial charge in [-0.05, 0) is 30.9 Å². The molecule has 3 N–H and O–H groups in total. The Kier molecular flexibility index (Phi) is 7.83. The number of thioether (sulfide) groups is 1. The lowest BCUT2D eigenvalue weighted by Gasteiger charge is -2.17. The van der Waals surface area contributed by atoms with Gasteiger partial charge in [0, 0.05) is 12.0 Å². The Morgan fingerprint density at radius 1 is 1.23 bits per heavy atom. The Bertz CT molecular complexity index is 992. The lowest BCUT2D eigenvalue weighted by molar-refractivity contribution is -0.139. The number of rotatable bonds is 10. The van der Waals surface area contributed by atoms with E-state index in [1.165, 1.54) is 26.0 Å². The third kappa shape index (κ3) is 5.30. The second kappa shape index (κ2) is 10.3. The lowest BCUT2D eigenvalue weighted by Crippen LogP contribution is -2.31. The summed E-state index contributed by atoms with van der Waals surface area (Å²) in [5.41, 5.74) is 0.853. The van der Waals surface area contributed by atoms with Crippen LogP contribution in [0, 0.1) is 11.3 Å². The number of carbonyl (C=O) groups is 2. The Morgan fingerprint density at radius 2 is 1.93 bits per heavy atom. The summed E-state index contributed by atoms with van der Waals surface area (Å²) < 4.78 is 10.5. The van der Waals surface area contributed by atoms with Gasteiger partial charge in [0.2, 0.25) is 0 Å². The number of benzene rings is 1. The van der Waals surface area contributed by atoms with Crippen LogP contribution in [-0.2, 0) is 9.59 Å². The maximum absolute atomic E-state index is 11.6. The summed E-state index contributed by atoms with van der Waals surface area (Å²) in [5, 5.41) is 31.0. The molecular weight excluding hydrogens is 412 g/mol. The minimum atomic E-state index is -1.25. The Morgan fingerprint density at radius 3 is 2.47 bits per heavy atom. The molecule has 30 heavy (non-hydrogen) atoms. The molecule has 1 aromatic heterocycles. The van der Waals surface area contributed by atoms with Gasteiger partial charge in [-0.25, -0.2) is 14.8 Å². The average Bonchev–Trinajstić information content (AvgIpc) is 2.74. The second-order valence-corrected chi connectivity index (χ2v) is 6.71. The molecule has 1 atom stereocenters. The number of anilines is 1. The number of nitrogens with one attached hydrogen (secondary N) is 1. The number of carboxylic acids is 2. The minimum Gasteiger partial charge on any atom is -0.493 e. The summed E-state index contributed by atoms with van der Waals surface area (Å²) in [7, 11) is 2.98. The minimum absolute atomic E-state index is 0.0134. The van der Waals surface area contributed by atoms with Gasteiger partial charge < -0.3 is 25.0 Å². The first kappa shape index (κ1) is 22.8. The van der Waals surface area contributed by atoms with E-state index in [0.717, 1.165) is 0 Å². The van der Waals surface area contributed by atoms with Crippen LogP contribution >= 0.6 is 11.8 Å². The summed E-state index contributed by atoms with van der Waals surface area (Å²) in [5.74, 6) is -1.43. The third-order valence-corrected chi connectivity index (χ3v) is 4.64. The predicted molar refractivity (Wildman–Crippen MR) is 109 cm³/mol. The number of aromatic nitrogens is 2. The zero-order valence-corrected chi connectivity index (χ0v) is 17.3. The van der Waals surface area contributed by atoms with Crippen molar-refractivity contribution in [3.05, 3.63) is 23.8 Å². The number of ether oxygens (including phenoxy) is 2. The van der Waals surface area contributed by atoms with E-state index in [1.54, 1.807) is 24.5 Å². The zero-order valence-electron chi connectivity index (χ0n) is 16.5. The number of carboxylic acid groups (broad SMARTS) is 2. The van der Waals surface area contributed by atoms with Gasteiger partial charge >= 0.3 is 11.9 Å². The monoisotopic (exact) mass is 432 g/mol. The molecular formula is C19H20N4O6S. The molecule has 0 radical (unpaired) electrons. The van der Waals surface area contributed by atoms with Gasteiger partial charge in [-0.1, -0.05) is 11.8 Å². The molecule has 0 aliphatic heterocycles. The first-order valence-corrected chi connectivity index (χ1v) is 9.86. The van der Waals surface area contributed by atoms with Crippen LogP contribution in [-0.4, -0.2) is 58.6 Å². The van der Waals surface area contributed by atoms with Crippen LogP contribution in [0.4, 0.5) is 5.82 Å². The molecule has 0 spiro atoms. The van der Waals surface area contributed by atoms with Crippen LogP contribution in [0.1, 0.15) is 18.4 Å². The van der Waals surface area contributed by atoms with E-state index in [0.29, 0.717) is 22.2 Å². The molecule has 0 aliphatic carbocycles. The van der Waals surface area contributed by atoms with E-state index in [-0.39, 0.29) is 29.9 Å². The standard InChI is InChI=1S/C19H20N4O6S/c1-28-13-6-4-10(8-14(13)29-2)16-11(9-20)17(23-19(22-16)30-3)21-12(18(26)27)5-7-15(24)25/h4,6,8,12H,5,7H2,1-3H3,(H,24,25)(H,26,27)(H,21,22,23). The highest BCUT2D eigenvalue weighted by atomic mass is 32.2. The molecule has 1 unspecified atom stereocenters. The van der Waals surface area contributed by atoms with Crippen molar-refractivity contribution in [1.82, 2.24) is 9.97 Å². The van der Waals surface area contributed by atoms with Gasteiger partial charge in [-0.2, -0.15) is 5.26 Å². The first-order chi connectivity index (χ1) is 14.3. The maximum atomic E-state index is 11.6. The van der Waals surface area contributed by atoms with Crippen LogP contribution < -0.4 is 14.8 Å². The van der Waals surface area contributed by atoms with Crippen molar-refractivity contribution < 1.29 is 29.3 Å². The summed E-state index contributed by atoms with van der Waals surface area (Å²) >= 11 is 1.21. The highest BCUT2D eigenvalue weighted by Crippen LogP contribution is 2.35. The molecule has 2 rings (SSSR count). The summed E-state index contributed by atoms with van der Waals surface area (Å²) in [6.45, 7) is 0. The number of hydrogen-bond acceptors (Lipinski definition) is 9. The number of methoxy groups -OCH3 is 2. The van der Waals surface area contributed by atoms with Gasteiger partial charge in [-0.15, -0.1) is 0 Å². The molecule has 0 saturated carbocycles. The fourth-order valence-electron chi connectivity index (χ4n) is 2.62. The van der Waals surface area contributed by atoms with Gasteiger partial charge in [0.15, 0.2) is 16.7 Å². The van der Waals surface area contributed by atoms with Crippen molar-refractivity contribution in [1.29, 1.82) is 5.26 Å². The smallest absolute Gasteiger partial charge is 0.326 e. The van der Waals surface area contributed by atoms with E-state index in [1.807, 2.05) is 6.07 Å². The largest absolute Gasteiger partial charge is 0.493 e. The molecule has 1 heterocycles. The molecule has 10 nitrogen and oxygen atoms in total. The van der Waals surface area contributed by atoms with Crippen LogP contribution in [0.2, 0.25) is 0 Å². The van der Waals surface area contributed by atoms with Crippen molar-refractivity contribution in [2.24, 2.45) is 0 Å². The fourth-order valence-corrected chi connectivity index (χ4v) is 2.99. The van der Waals surface area contributed by atoms with Crippen molar-refractivity contribution in [2.75, 3.05) is 25.8 Å². The van der Waals surface area contributed by atoms with Crippen molar-refractivity contribution in [3.8, 4) is 28.8 Å². The molecule has 0 aliphatic rings. The highest BCUT2D eigenvalue weighted by molar-refractivity contribution is 7.98. The van der Waals surface area contributed by atoms with E-state index in [2.05, 4.69) is 15.3 Å². The third-order valence-electron chi connectivity index (χ3n) is 4.10. The molecule has 0 amide bonds. The fraction of sp³-hybridized carbons (Fsp3) is 0.316. The Balaban J connectivity index is 2.57. The number of nitriles is 1. The van der Waals surface area contributed by atoms with Crippen molar-refractivity contribution in [3.63, 3.8) is 0 Å². The van der Waals surface area contributed by atoms with E-state index in [4.69, 9.17) is 14.6 Å². The molecule has 0 fully saturated rings. The topological polar surface area (TPSA) is 155 Å². The highest BCUT2D eigenvalue weighted by Gasteiger charge is 2.24. The molecule has 0 bridgehead atoms. The lowest BCUT2D eigenvalue weighted by atomic mass is 10.1. The summed E-state index contributed by atoms with van der Waals surface area (Å²) in [6.07, 6.45) is 1.21.